The van der Waals surface area contributed by atoms with Crippen molar-refractivity contribution < 1.29 is 14.3 Å². The zero-order chi connectivity index (χ0) is 16.1. The number of aromatic amines is 1. The molecule has 0 saturated carbocycles. The third kappa shape index (κ3) is 3.46. The van der Waals surface area contributed by atoms with Gasteiger partial charge in [0.25, 0.3) is 5.91 Å². The maximum Gasteiger partial charge on any atom is 0.253 e. The van der Waals surface area contributed by atoms with Gasteiger partial charge < -0.3 is 19.8 Å². The molecule has 0 spiro atoms. The number of carbonyl (C=O) groups excluding carboxylic acids is 1. The molecule has 0 radical (unpaired) electrons. The van der Waals surface area contributed by atoms with Crippen molar-refractivity contribution in [2.45, 2.75) is 13.0 Å². The van der Waals surface area contributed by atoms with E-state index in [0.29, 0.717) is 17.1 Å². The van der Waals surface area contributed by atoms with E-state index >= 15 is 0 Å². The van der Waals surface area contributed by atoms with Crippen LogP contribution in [0.15, 0.2) is 41.3 Å². The number of rotatable bonds is 5. The first kappa shape index (κ1) is 15.6. The van der Waals surface area contributed by atoms with E-state index in [1.54, 1.807) is 20.3 Å². The average Bonchev–Trinajstić information content (AvgIpc) is 2.54. The summed E-state index contributed by atoms with van der Waals surface area (Å²) in [6.45, 7) is 1.87. The fourth-order valence-electron chi connectivity index (χ4n) is 2.04. The number of carbonyl (C=O) groups is 1. The molecule has 1 aromatic heterocycles. The lowest BCUT2D eigenvalue weighted by molar-refractivity contribution is 0.0939. The highest BCUT2D eigenvalue weighted by Gasteiger charge is 2.14. The molecule has 0 bridgehead atoms. The molecule has 0 unspecified atom stereocenters. The topological polar surface area (TPSA) is 80.4 Å². The summed E-state index contributed by atoms with van der Waals surface area (Å²) in [5.74, 6) is 0.967. The summed E-state index contributed by atoms with van der Waals surface area (Å²) < 4.78 is 10.4. The van der Waals surface area contributed by atoms with E-state index in [1.165, 1.54) is 18.3 Å². The van der Waals surface area contributed by atoms with Crippen LogP contribution in [0.5, 0.6) is 11.5 Å². The highest BCUT2D eigenvalue weighted by atomic mass is 16.5. The fraction of sp³-hybridized carbons (Fsp3) is 0.250. The Morgan fingerprint density at radius 2 is 1.86 bits per heavy atom. The van der Waals surface area contributed by atoms with E-state index in [4.69, 9.17) is 9.47 Å². The molecule has 0 saturated heterocycles. The quantitative estimate of drug-likeness (QED) is 0.883. The normalized spacial score (nSPS) is 11.6. The summed E-state index contributed by atoms with van der Waals surface area (Å²) >= 11 is 0. The first-order valence-corrected chi connectivity index (χ1v) is 6.76. The van der Waals surface area contributed by atoms with Gasteiger partial charge in [0.05, 0.1) is 25.8 Å². The highest BCUT2D eigenvalue weighted by Crippen LogP contribution is 2.29. The summed E-state index contributed by atoms with van der Waals surface area (Å²) in [6, 6.07) is 8.04. The second-order valence-corrected chi connectivity index (χ2v) is 4.75. The van der Waals surface area contributed by atoms with Gasteiger partial charge in [0.2, 0.25) is 5.56 Å². The summed E-state index contributed by atoms with van der Waals surface area (Å²) in [7, 11) is 3.13. The monoisotopic (exact) mass is 302 g/mol. The summed E-state index contributed by atoms with van der Waals surface area (Å²) in [6.07, 6.45) is 1.39. The molecule has 2 aromatic rings. The SMILES string of the molecule is COc1ccc([C@@H](C)NC(=O)c2ccc(=O)[nH]c2)cc1OC. The van der Waals surface area contributed by atoms with Crippen LogP contribution in [0.1, 0.15) is 28.9 Å². The van der Waals surface area contributed by atoms with Crippen LogP contribution < -0.4 is 20.3 Å². The molecule has 0 aliphatic heterocycles. The molecule has 0 aliphatic carbocycles. The second kappa shape index (κ2) is 6.80. The van der Waals surface area contributed by atoms with Crippen molar-refractivity contribution in [1.29, 1.82) is 0 Å². The number of H-pyrrole nitrogens is 1. The molecule has 0 aliphatic rings. The smallest absolute Gasteiger partial charge is 0.253 e. The van der Waals surface area contributed by atoms with Crippen molar-refractivity contribution in [1.82, 2.24) is 10.3 Å². The van der Waals surface area contributed by atoms with Crippen LogP contribution in [0.2, 0.25) is 0 Å². The van der Waals surface area contributed by atoms with Crippen molar-refractivity contribution in [2.75, 3.05) is 14.2 Å². The van der Waals surface area contributed by atoms with Crippen LogP contribution >= 0.6 is 0 Å². The third-order valence-corrected chi connectivity index (χ3v) is 3.30. The molecule has 2 N–H and O–H groups in total. The van der Waals surface area contributed by atoms with Crippen molar-refractivity contribution in [3.8, 4) is 11.5 Å². The molecule has 2 rings (SSSR count). The van der Waals surface area contributed by atoms with Gasteiger partial charge in [-0.1, -0.05) is 6.07 Å². The molecule has 22 heavy (non-hydrogen) atoms. The third-order valence-electron chi connectivity index (χ3n) is 3.30. The molecule has 116 valence electrons. The Bertz CT molecular complexity index is 704. The Labute approximate surface area is 128 Å². The highest BCUT2D eigenvalue weighted by molar-refractivity contribution is 5.94. The predicted molar refractivity (Wildman–Crippen MR) is 82.5 cm³/mol. The van der Waals surface area contributed by atoms with Crippen LogP contribution in [0, 0.1) is 0 Å². The lowest BCUT2D eigenvalue weighted by Gasteiger charge is -2.16. The lowest BCUT2D eigenvalue weighted by Crippen LogP contribution is -2.27. The summed E-state index contributed by atoms with van der Waals surface area (Å²) in [5.41, 5.74) is 1.03. The van der Waals surface area contributed by atoms with Gasteiger partial charge in [-0.05, 0) is 30.7 Å². The van der Waals surface area contributed by atoms with E-state index in [1.807, 2.05) is 19.1 Å². The van der Waals surface area contributed by atoms with Gasteiger partial charge in [-0.15, -0.1) is 0 Å². The van der Waals surface area contributed by atoms with Crippen molar-refractivity contribution >= 4 is 5.91 Å². The van der Waals surface area contributed by atoms with Crippen LogP contribution in [0.3, 0.4) is 0 Å². The van der Waals surface area contributed by atoms with E-state index in [9.17, 15) is 9.59 Å². The van der Waals surface area contributed by atoms with E-state index < -0.39 is 0 Å². The van der Waals surface area contributed by atoms with Crippen LogP contribution in [0.25, 0.3) is 0 Å². The number of benzene rings is 1. The minimum absolute atomic E-state index is 0.223. The minimum Gasteiger partial charge on any atom is -0.493 e. The van der Waals surface area contributed by atoms with E-state index in [-0.39, 0.29) is 17.5 Å². The number of pyridine rings is 1. The van der Waals surface area contributed by atoms with Crippen molar-refractivity contribution in [2.24, 2.45) is 0 Å². The first-order valence-electron chi connectivity index (χ1n) is 6.76. The first-order chi connectivity index (χ1) is 10.5. The number of amides is 1. The number of hydrogen-bond donors (Lipinski definition) is 2. The van der Waals surface area contributed by atoms with Crippen molar-refractivity contribution in [3.05, 3.63) is 58.0 Å². The number of hydrogen-bond acceptors (Lipinski definition) is 4. The second-order valence-electron chi connectivity index (χ2n) is 4.75. The van der Waals surface area contributed by atoms with Gasteiger partial charge in [0.1, 0.15) is 0 Å². The van der Waals surface area contributed by atoms with Gasteiger partial charge >= 0.3 is 0 Å². The standard InChI is InChI=1S/C16H18N2O4/c1-10(11-4-6-13(21-2)14(8-11)22-3)18-16(20)12-5-7-15(19)17-9-12/h4-10H,1-3H3,(H,17,19)(H,18,20)/t10-/m1/s1. The van der Waals surface area contributed by atoms with Crippen LogP contribution in [0.4, 0.5) is 0 Å². The number of methoxy groups -OCH3 is 2. The molecule has 1 heterocycles. The Morgan fingerprint density at radius 3 is 2.45 bits per heavy atom. The lowest BCUT2D eigenvalue weighted by atomic mass is 10.1. The van der Waals surface area contributed by atoms with Gasteiger partial charge in [-0.3, -0.25) is 9.59 Å². The average molecular weight is 302 g/mol. The molecule has 1 atom stereocenters. The molecule has 6 nitrogen and oxygen atoms in total. The largest absolute Gasteiger partial charge is 0.493 e. The molecule has 0 fully saturated rings. The number of nitrogens with one attached hydrogen (secondary N) is 2. The van der Waals surface area contributed by atoms with Crippen LogP contribution in [-0.4, -0.2) is 25.1 Å². The molecule has 1 aromatic carbocycles. The minimum atomic E-state index is -0.265. The molecule has 1 amide bonds. The molecular weight excluding hydrogens is 284 g/mol. The Balaban J connectivity index is 2.14. The fourth-order valence-corrected chi connectivity index (χ4v) is 2.04. The van der Waals surface area contributed by atoms with E-state index in [2.05, 4.69) is 10.3 Å². The number of ether oxygens (including phenoxy) is 2. The van der Waals surface area contributed by atoms with Gasteiger partial charge in [0, 0.05) is 12.3 Å². The van der Waals surface area contributed by atoms with E-state index in [0.717, 1.165) is 5.56 Å². The Kier molecular flexibility index (Phi) is 4.83. The zero-order valence-corrected chi connectivity index (χ0v) is 12.7. The van der Waals surface area contributed by atoms with Gasteiger partial charge in [-0.25, -0.2) is 0 Å². The maximum atomic E-state index is 12.1. The van der Waals surface area contributed by atoms with Crippen molar-refractivity contribution in [3.63, 3.8) is 0 Å². The molecule has 6 heteroatoms. The van der Waals surface area contributed by atoms with Gasteiger partial charge in [0.15, 0.2) is 11.5 Å². The Hall–Kier alpha value is -2.76. The zero-order valence-electron chi connectivity index (χ0n) is 12.7. The maximum absolute atomic E-state index is 12.1. The number of aromatic nitrogens is 1. The van der Waals surface area contributed by atoms with Crippen LogP contribution in [-0.2, 0) is 0 Å². The molecular formula is C16H18N2O4. The predicted octanol–water partition coefficient (Wildman–Crippen LogP) is 1.88. The summed E-state index contributed by atoms with van der Waals surface area (Å²) in [4.78, 5) is 25.6. The Morgan fingerprint density at radius 1 is 1.14 bits per heavy atom. The summed E-state index contributed by atoms with van der Waals surface area (Å²) in [5, 5.41) is 2.86. The van der Waals surface area contributed by atoms with Gasteiger partial charge in [-0.2, -0.15) is 0 Å².